The molecule has 15 heavy (non-hydrogen) atoms. The highest BCUT2D eigenvalue weighted by atomic mass is 19.4. The molecule has 0 radical (unpaired) electrons. The fraction of sp³-hybridized carbons (Fsp3) is 1.00. The third-order valence-electron chi connectivity index (χ3n) is 3.12. The molecular weight excluding hydrogens is 209 g/mol. The molecule has 1 atom stereocenters. The van der Waals surface area contributed by atoms with E-state index in [1.165, 1.54) is 7.11 Å². The van der Waals surface area contributed by atoms with E-state index in [-0.39, 0.29) is 25.4 Å². The van der Waals surface area contributed by atoms with Crippen molar-refractivity contribution in [2.75, 3.05) is 13.7 Å². The van der Waals surface area contributed by atoms with Crippen LogP contribution in [0.1, 0.15) is 25.7 Å². The van der Waals surface area contributed by atoms with Crippen LogP contribution < -0.4 is 0 Å². The molecule has 1 aliphatic carbocycles. The Bertz CT molecular complexity index is 186. The van der Waals surface area contributed by atoms with Gasteiger partial charge in [0.1, 0.15) is 0 Å². The minimum absolute atomic E-state index is 0.0384. The molecule has 5 heteroatoms. The van der Waals surface area contributed by atoms with Crippen molar-refractivity contribution < 1.29 is 23.0 Å². The molecule has 1 N–H and O–H groups in total. The molecule has 0 amide bonds. The Balaban J connectivity index is 2.36. The highest BCUT2D eigenvalue weighted by Gasteiger charge is 2.42. The van der Waals surface area contributed by atoms with Crippen molar-refractivity contribution in [1.82, 2.24) is 0 Å². The maximum atomic E-state index is 12.3. The summed E-state index contributed by atoms with van der Waals surface area (Å²) < 4.78 is 41.8. The molecule has 1 rings (SSSR count). The lowest BCUT2D eigenvalue weighted by Crippen LogP contribution is -2.33. The largest absolute Gasteiger partial charge is 0.391 e. The highest BCUT2D eigenvalue weighted by Crippen LogP contribution is 2.40. The fourth-order valence-electron chi connectivity index (χ4n) is 2.14. The van der Waals surface area contributed by atoms with Crippen molar-refractivity contribution in [3.63, 3.8) is 0 Å². The lowest BCUT2D eigenvalue weighted by molar-refractivity contribution is -0.186. The average molecular weight is 226 g/mol. The summed E-state index contributed by atoms with van der Waals surface area (Å²) in [6.07, 6.45) is -3.55. The molecule has 1 saturated carbocycles. The van der Waals surface area contributed by atoms with Gasteiger partial charge in [-0.25, -0.2) is 0 Å². The maximum Gasteiger partial charge on any atom is 0.391 e. The molecule has 1 unspecified atom stereocenters. The molecule has 90 valence electrons. The molecule has 0 aliphatic heterocycles. The predicted molar refractivity (Wildman–Crippen MR) is 49.4 cm³/mol. The van der Waals surface area contributed by atoms with Crippen molar-refractivity contribution in [1.29, 1.82) is 0 Å². The zero-order valence-corrected chi connectivity index (χ0v) is 8.76. The van der Waals surface area contributed by atoms with Gasteiger partial charge in [-0.15, -0.1) is 0 Å². The van der Waals surface area contributed by atoms with E-state index in [0.717, 1.165) is 0 Å². The summed E-state index contributed by atoms with van der Waals surface area (Å²) in [4.78, 5) is 0. The standard InChI is InChI=1S/C10H17F3O2/c1-15-6-9(14)7-2-4-8(5-3-7)10(11,12)13/h7-9,14H,2-6H2,1H3. The quantitative estimate of drug-likeness (QED) is 0.800. The second kappa shape index (κ2) is 5.16. The second-order valence-electron chi connectivity index (χ2n) is 4.18. The third-order valence-corrected chi connectivity index (χ3v) is 3.12. The molecule has 0 bridgehead atoms. The Kier molecular flexibility index (Phi) is 4.40. The van der Waals surface area contributed by atoms with Crippen LogP contribution in [0.4, 0.5) is 13.2 Å². The summed E-state index contributed by atoms with van der Waals surface area (Å²) in [5, 5.41) is 9.56. The van der Waals surface area contributed by atoms with E-state index >= 15 is 0 Å². The molecule has 0 heterocycles. The number of halogens is 3. The molecule has 0 spiro atoms. The molecule has 0 saturated heterocycles. The zero-order valence-electron chi connectivity index (χ0n) is 8.76. The number of methoxy groups -OCH3 is 1. The number of aliphatic hydroxyl groups is 1. The van der Waals surface area contributed by atoms with Crippen molar-refractivity contribution in [2.24, 2.45) is 11.8 Å². The zero-order chi connectivity index (χ0) is 11.5. The summed E-state index contributed by atoms with van der Waals surface area (Å²) in [5.41, 5.74) is 0. The number of ether oxygens (including phenoxy) is 1. The summed E-state index contributed by atoms with van der Waals surface area (Å²) in [6, 6.07) is 0. The van der Waals surface area contributed by atoms with Gasteiger partial charge in [0.25, 0.3) is 0 Å². The Morgan fingerprint density at radius 1 is 1.27 bits per heavy atom. The van der Waals surface area contributed by atoms with Gasteiger partial charge in [-0.3, -0.25) is 0 Å². The molecule has 0 aromatic rings. The van der Waals surface area contributed by atoms with Crippen LogP contribution in [0.15, 0.2) is 0 Å². The van der Waals surface area contributed by atoms with Gasteiger partial charge in [0, 0.05) is 7.11 Å². The summed E-state index contributed by atoms with van der Waals surface area (Å²) in [6.45, 7) is 0.210. The molecule has 2 nitrogen and oxygen atoms in total. The number of aliphatic hydroxyl groups excluding tert-OH is 1. The van der Waals surface area contributed by atoms with E-state index in [1.54, 1.807) is 0 Å². The van der Waals surface area contributed by atoms with E-state index < -0.39 is 18.2 Å². The summed E-state index contributed by atoms with van der Waals surface area (Å²) in [7, 11) is 1.48. The normalized spacial score (nSPS) is 30.2. The van der Waals surface area contributed by atoms with Gasteiger partial charge in [-0.1, -0.05) is 0 Å². The van der Waals surface area contributed by atoms with E-state index in [4.69, 9.17) is 4.74 Å². The first-order valence-electron chi connectivity index (χ1n) is 5.19. The molecule has 1 aliphatic rings. The second-order valence-corrected chi connectivity index (χ2v) is 4.18. The van der Waals surface area contributed by atoms with Crippen molar-refractivity contribution in [3.05, 3.63) is 0 Å². The van der Waals surface area contributed by atoms with Crippen LogP contribution in [-0.4, -0.2) is 31.1 Å². The van der Waals surface area contributed by atoms with E-state index in [9.17, 15) is 18.3 Å². The number of hydrogen-bond acceptors (Lipinski definition) is 2. The molecule has 0 aromatic carbocycles. The van der Waals surface area contributed by atoms with Gasteiger partial charge < -0.3 is 9.84 Å². The molecular formula is C10H17F3O2. The smallest absolute Gasteiger partial charge is 0.390 e. The van der Waals surface area contributed by atoms with Crippen LogP contribution in [0.3, 0.4) is 0 Å². The van der Waals surface area contributed by atoms with Gasteiger partial charge in [-0.2, -0.15) is 13.2 Å². The van der Waals surface area contributed by atoms with Crippen LogP contribution in [0.25, 0.3) is 0 Å². The highest BCUT2D eigenvalue weighted by molar-refractivity contribution is 4.80. The minimum Gasteiger partial charge on any atom is -0.390 e. The van der Waals surface area contributed by atoms with E-state index in [1.807, 2.05) is 0 Å². The van der Waals surface area contributed by atoms with Gasteiger partial charge in [0.05, 0.1) is 18.6 Å². The summed E-state index contributed by atoms with van der Waals surface area (Å²) in [5.74, 6) is -1.22. The van der Waals surface area contributed by atoms with E-state index in [0.29, 0.717) is 12.8 Å². The molecule has 1 fully saturated rings. The molecule has 0 aromatic heterocycles. The first-order valence-corrected chi connectivity index (χ1v) is 5.19. The van der Waals surface area contributed by atoms with Gasteiger partial charge >= 0.3 is 6.18 Å². The Hall–Kier alpha value is -0.290. The summed E-state index contributed by atoms with van der Waals surface area (Å²) >= 11 is 0. The Labute approximate surface area is 87.4 Å². The fourth-order valence-corrected chi connectivity index (χ4v) is 2.14. The van der Waals surface area contributed by atoms with Gasteiger partial charge in [0.2, 0.25) is 0 Å². The van der Waals surface area contributed by atoms with Crippen molar-refractivity contribution in [3.8, 4) is 0 Å². The lowest BCUT2D eigenvalue weighted by atomic mass is 9.79. The third kappa shape index (κ3) is 3.65. The van der Waals surface area contributed by atoms with E-state index in [2.05, 4.69) is 0 Å². The van der Waals surface area contributed by atoms with Crippen molar-refractivity contribution in [2.45, 2.75) is 38.0 Å². The monoisotopic (exact) mass is 226 g/mol. The van der Waals surface area contributed by atoms with Gasteiger partial charge in [0.15, 0.2) is 0 Å². The van der Waals surface area contributed by atoms with Crippen LogP contribution in [0.2, 0.25) is 0 Å². The maximum absolute atomic E-state index is 12.3. The minimum atomic E-state index is -4.07. The number of alkyl halides is 3. The van der Waals surface area contributed by atoms with Crippen LogP contribution in [0, 0.1) is 11.8 Å². The number of hydrogen-bond donors (Lipinski definition) is 1. The SMILES string of the molecule is COCC(O)C1CCC(C(F)(F)F)CC1. The Morgan fingerprint density at radius 2 is 1.80 bits per heavy atom. The van der Waals surface area contributed by atoms with Crippen LogP contribution in [-0.2, 0) is 4.74 Å². The first-order chi connectivity index (χ1) is 6.95. The topological polar surface area (TPSA) is 29.5 Å². The Morgan fingerprint density at radius 3 is 2.20 bits per heavy atom. The van der Waals surface area contributed by atoms with Crippen molar-refractivity contribution >= 4 is 0 Å². The predicted octanol–water partition coefficient (Wildman–Crippen LogP) is 2.36. The first kappa shape index (κ1) is 12.8. The average Bonchev–Trinajstić information content (AvgIpc) is 2.17. The van der Waals surface area contributed by atoms with Crippen LogP contribution in [0.5, 0.6) is 0 Å². The lowest BCUT2D eigenvalue weighted by Gasteiger charge is -2.32. The van der Waals surface area contributed by atoms with Gasteiger partial charge in [-0.05, 0) is 31.6 Å². The number of rotatable bonds is 3. The van der Waals surface area contributed by atoms with Crippen LogP contribution >= 0.6 is 0 Å².